The Morgan fingerprint density at radius 1 is 1.17 bits per heavy atom. The Morgan fingerprint density at radius 3 is 2.97 bits per heavy atom. The highest BCUT2D eigenvalue weighted by Crippen LogP contribution is 2.33. The summed E-state index contributed by atoms with van der Waals surface area (Å²) >= 11 is 1.59. The quantitative estimate of drug-likeness (QED) is 0.454. The minimum atomic E-state index is -0.292. The summed E-state index contributed by atoms with van der Waals surface area (Å²) < 4.78 is 0. The van der Waals surface area contributed by atoms with E-state index in [0.29, 0.717) is 11.7 Å². The number of hydrogen-bond donors (Lipinski definition) is 3. The molecule has 152 valence electrons. The summed E-state index contributed by atoms with van der Waals surface area (Å²) in [5, 5.41) is 9.61. The van der Waals surface area contributed by atoms with Gasteiger partial charge in [0.2, 0.25) is 0 Å². The van der Waals surface area contributed by atoms with Crippen molar-refractivity contribution in [3.05, 3.63) is 59.3 Å². The maximum absolute atomic E-state index is 12.2. The van der Waals surface area contributed by atoms with Gasteiger partial charge in [-0.3, -0.25) is 5.32 Å². The lowest BCUT2D eigenvalue weighted by molar-refractivity contribution is 0.262. The van der Waals surface area contributed by atoms with Crippen LogP contribution in [0.3, 0.4) is 0 Å². The second-order valence-electron chi connectivity index (χ2n) is 7.24. The van der Waals surface area contributed by atoms with Gasteiger partial charge in [-0.2, -0.15) is 0 Å². The van der Waals surface area contributed by atoms with Gasteiger partial charge in [0.05, 0.1) is 10.4 Å². The highest BCUT2D eigenvalue weighted by Gasteiger charge is 2.26. The summed E-state index contributed by atoms with van der Waals surface area (Å²) in [5.41, 5.74) is 1.60. The molecule has 1 aliphatic rings. The molecule has 3 N–H and O–H groups in total. The number of benzene rings is 1. The first-order valence-electron chi connectivity index (χ1n) is 9.88. The maximum Gasteiger partial charge on any atom is 0.324 e. The van der Waals surface area contributed by atoms with Gasteiger partial charge < -0.3 is 15.2 Å². The van der Waals surface area contributed by atoms with E-state index in [1.807, 2.05) is 48.0 Å². The number of piperidine rings is 1. The van der Waals surface area contributed by atoms with Crippen LogP contribution in [0.4, 0.5) is 22.1 Å². The van der Waals surface area contributed by atoms with Gasteiger partial charge in [-0.25, -0.2) is 19.7 Å². The summed E-state index contributed by atoms with van der Waals surface area (Å²) in [6.45, 7) is 1.81. The Bertz CT molecular complexity index is 1160. The zero-order valence-electron chi connectivity index (χ0n) is 16.2. The van der Waals surface area contributed by atoms with Crippen molar-refractivity contribution >= 4 is 45.7 Å². The average molecular weight is 420 g/mol. The Balaban J connectivity index is 1.26. The van der Waals surface area contributed by atoms with Gasteiger partial charge in [-0.15, -0.1) is 11.3 Å². The number of thiazole rings is 1. The molecule has 2 amide bonds. The van der Waals surface area contributed by atoms with Gasteiger partial charge in [0.1, 0.15) is 23.6 Å². The molecule has 1 saturated heterocycles. The van der Waals surface area contributed by atoms with Gasteiger partial charge in [0, 0.05) is 36.3 Å². The first kappa shape index (κ1) is 18.6. The number of para-hydroxylation sites is 1. The van der Waals surface area contributed by atoms with Crippen molar-refractivity contribution in [3.8, 4) is 0 Å². The number of carbonyl (C=O) groups excluding carboxylic acids is 1. The molecule has 0 bridgehead atoms. The number of anilines is 3. The van der Waals surface area contributed by atoms with Crippen LogP contribution in [-0.4, -0.2) is 39.1 Å². The van der Waals surface area contributed by atoms with E-state index in [0.717, 1.165) is 53.5 Å². The smallest absolute Gasteiger partial charge is 0.324 e. The van der Waals surface area contributed by atoms with Crippen molar-refractivity contribution < 1.29 is 4.79 Å². The van der Waals surface area contributed by atoms with Crippen LogP contribution < -0.4 is 15.5 Å². The summed E-state index contributed by atoms with van der Waals surface area (Å²) in [4.78, 5) is 31.2. The lowest BCUT2D eigenvalue weighted by atomic mass is 9.98. The van der Waals surface area contributed by atoms with Crippen LogP contribution in [0.5, 0.6) is 0 Å². The van der Waals surface area contributed by atoms with Crippen LogP contribution in [0.25, 0.3) is 11.0 Å². The van der Waals surface area contributed by atoms with E-state index in [4.69, 9.17) is 0 Å². The highest BCUT2D eigenvalue weighted by atomic mass is 32.1. The third kappa shape index (κ3) is 3.84. The Morgan fingerprint density at radius 2 is 2.07 bits per heavy atom. The summed E-state index contributed by atoms with van der Waals surface area (Å²) in [5.74, 6) is 1.85. The summed E-state index contributed by atoms with van der Waals surface area (Å²) in [7, 11) is 0. The van der Waals surface area contributed by atoms with Gasteiger partial charge in [-0.05, 0) is 31.0 Å². The molecule has 1 aliphatic heterocycles. The van der Waals surface area contributed by atoms with Crippen molar-refractivity contribution in [1.82, 2.24) is 19.9 Å². The molecule has 1 fully saturated rings. The van der Waals surface area contributed by atoms with Crippen LogP contribution in [0.1, 0.15) is 23.8 Å². The normalized spacial score (nSPS) is 16.5. The second-order valence-corrected chi connectivity index (χ2v) is 8.13. The molecule has 0 aliphatic carbocycles. The number of rotatable bonds is 4. The fraction of sp³-hybridized carbons (Fsp3) is 0.238. The van der Waals surface area contributed by atoms with Gasteiger partial charge in [0.25, 0.3) is 0 Å². The predicted molar refractivity (Wildman–Crippen MR) is 119 cm³/mol. The number of amides is 2. The van der Waals surface area contributed by atoms with E-state index in [1.54, 1.807) is 17.7 Å². The number of nitrogens with zero attached hydrogens (tertiary/aromatic N) is 4. The minimum absolute atomic E-state index is 0.292. The number of hydrogen-bond acceptors (Lipinski definition) is 6. The Labute approximate surface area is 177 Å². The van der Waals surface area contributed by atoms with Crippen molar-refractivity contribution in [1.29, 1.82) is 0 Å². The summed E-state index contributed by atoms with van der Waals surface area (Å²) in [6, 6.07) is 11.1. The van der Waals surface area contributed by atoms with E-state index in [1.165, 1.54) is 0 Å². The number of carbonyl (C=O) groups is 1. The Kier molecular flexibility index (Phi) is 5.02. The van der Waals surface area contributed by atoms with E-state index >= 15 is 0 Å². The molecular formula is C21H21N7OS. The SMILES string of the molecule is O=C(Nc1ccccc1)Nc1csc(C2CCCN(c3ncnc4[nH]ccc34)C2)n1. The van der Waals surface area contributed by atoms with Crippen LogP contribution in [0.2, 0.25) is 0 Å². The first-order valence-corrected chi connectivity index (χ1v) is 10.8. The second kappa shape index (κ2) is 8.11. The molecule has 0 spiro atoms. The maximum atomic E-state index is 12.2. The van der Waals surface area contributed by atoms with Crippen LogP contribution in [-0.2, 0) is 0 Å². The van der Waals surface area contributed by atoms with Gasteiger partial charge in [0.15, 0.2) is 0 Å². The molecule has 0 radical (unpaired) electrons. The topological polar surface area (TPSA) is 98.8 Å². The molecular weight excluding hydrogens is 398 g/mol. The van der Waals surface area contributed by atoms with Crippen molar-refractivity contribution in [2.75, 3.05) is 28.6 Å². The Hall–Kier alpha value is -3.46. The predicted octanol–water partition coefficient (Wildman–Crippen LogP) is 4.44. The fourth-order valence-electron chi connectivity index (χ4n) is 3.81. The zero-order valence-corrected chi connectivity index (χ0v) is 17.0. The largest absolute Gasteiger partial charge is 0.355 e. The van der Waals surface area contributed by atoms with Gasteiger partial charge in [-0.1, -0.05) is 18.2 Å². The van der Waals surface area contributed by atoms with E-state index in [2.05, 4.69) is 35.5 Å². The van der Waals surface area contributed by atoms with Crippen molar-refractivity contribution in [3.63, 3.8) is 0 Å². The number of nitrogens with one attached hydrogen (secondary N) is 3. The third-order valence-electron chi connectivity index (χ3n) is 5.20. The van der Waals surface area contributed by atoms with Crippen LogP contribution in [0, 0.1) is 0 Å². The first-order chi connectivity index (χ1) is 14.8. The third-order valence-corrected chi connectivity index (χ3v) is 6.21. The summed E-state index contributed by atoms with van der Waals surface area (Å²) in [6.07, 6.45) is 5.64. The standard InChI is InChI=1S/C21H21N7OS/c29-21(25-15-6-2-1-3-7-15)27-17-12-30-20(26-17)14-5-4-10-28(11-14)19-16-8-9-22-18(16)23-13-24-19/h1-3,6-9,12-14H,4-5,10-11H2,(H,22,23,24)(H2,25,27,29). The van der Waals surface area contributed by atoms with Crippen LogP contribution in [0.15, 0.2) is 54.3 Å². The number of fused-ring (bicyclic) bond motifs is 1. The number of aromatic nitrogens is 4. The molecule has 1 atom stereocenters. The van der Waals surface area contributed by atoms with Crippen molar-refractivity contribution in [2.45, 2.75) is 18.8 Å². The molecule has 5 rings (SSSR count). The number of urea groups is 1. The lowest BCUT2D eigenvalue weighted by Gasteiger charge is -2.32. The average Bonchev–Trinajstić information content (AvgIpc) is 3.44. The molecule has 1 aromatic carbocycles. The molecule has 8 nitrogen and oxygen atoms in total. The number of H-pyrrole nitrogens is 1. The van der Waals surface area contributed by atoms with E-state index < -0.39 is 0 Å². The van der Waals surface area contributed by atoms with E-state index in [9.17, 15) is 4.79 Å². The van der Waals surface area contributed by atoms with E-state index in [-0.39, 0.29) is 6.03 Å². The number of aromatic amines is 1. The zero-order chi connectivity index (χ0) is 20.3. The fourth-order valence-corrected chi connectivity index (χ4v) is 4.69. The molecule has 9 heteroatoms. The molecule has 4 aromatic rings. The minimum Gasteiger partial charge on any atom is -0.355 e. The molecule has 4 heterocycles. The molecule has 3 aromatic heterocycles. The molecule has 1 unspecified atom stereocenters. The molecule has 30 heavy (non-hydrogen) atoms. The highest BCUT2D eigenvalue weighted by molar-refractivity contribution is 7.10. The monoisotopic (exact) mass is 419 g/mol. The van der Waals surface area contributed by atoms with Crippen LogP contribution >= 0.6 is 11.3 Å². The lowest BCUT2D eigenvalue weighted by Crippen LogP contribution is -2.35. The molecule has 0 saturated carbocycles. The van der Waals surface area contributed by atoms with Crippen molar-refractivity contribution in [2.24, 2.45) is 0 Å². The van der Waals surface area contributed by atoms with Gasteiger partial charge >= 0.3 is 6.03 Å².